The van der Waals surface area contributed by atoms with Gasteiger partial charge in [-0.2, -0.15) is 0 Å². The zero-order chi connectivity index (χ0) is 19.4. The largest absolute Gasteiger partial charge is 0.352 e. The maximum Gasteiger partial charge on any atom is 0.260 e. The van der Waals surface area contributed by atoms with Gasteiger partial charge in [0.05, 0.1) is 40.3 Å². The minimum atomic E-state index is -0.529. The average molecular weight is 411 g/mol. The Morgan fingerprint density at radius 2 is 2.11 bits per heavy atom. The predicted molar refractivity (Wildman–Crippen MR) is 108 cm³/mol. The molecule has 142 valence electrons. The first-order valence-electron chi connectivity index (χ1n) is 8.15. The first-order chi connectivity index (χ1) is 13.0. The summed E-state index contributed by atoms with van der Waals surface area (Å²) in [4.78, 5) is 16.4. The van der Waals surface area contributed by atoms with Crippen molar-refractivity contribution in [2.75, 3.05) is 22.5 Å². The van der Waals surface area contributed by atoms with Gasteiger partial charge in [0.2, 0.25) is 0 Å². The normalized spacial score (nSPS) is 11.0. The van der Waals surface area contributed by atoms with Crippen molar-refractivity contribution in [3.05, 3.63) is 57.9 Å². The van der Waals surface area contributed by atoms with Crippen LogP contribution >= 0.6 is 23.5 Å². The molecule has 0 saturated carbocycles. The molecule has 0 aliphatic carbocycles. The summed E-state index contributed by atoms with van der Waals surface area (Å²) >= 11 is 7.62. The number of aryl methyl sites for hydroxylation is 1. The molecule has 0 spiro atoms. The zero-order valence-electron chi connectivity index (χ0n) is 14.4. The molecule has 1 aromatic heterocycles. The molecule has 3 aromatic rings. The summed E-state index contributed by atoms with van der Waals surface area (Å²) in [5, 5.41) is 3.51. The van der Waals surface area contributed by atoms with Crippen molar-refractivity contribution in [1.82, 2.24) is 9.55 Å². The third-order valence-corrected chi connectivity index (χ3v) is 5.09. The number of nitrogens with zero attached hydrogens (tertiary/aromatic N) is 2. The Bertz CT molecular complexity index is 1030. The Balaban J connectivity index is 1.89. The minimum absolute atomic E-state index is 0.0906. The van der Waals surface area contributed by atoms with Crippen LogP contribution < -0.4 is 15.6 Å². The molecular formula is C18H17ClF2N4OS. The molecule has 0 radical (unpaired) electrons. The summed E-state index contributed by atoms with van der Waals surface area (Å²) in [6.45, 7) is -0.394. The lowest BCUT2D eigenvalue weighted by Gasteiger charge is -2.14. The summed E-state index contributed by atoms with van der Waals surface area (Å²) in [6, 6.07) is 7.79. The molecule has 5 nitrogen and oxygen atoms in total. The van der Waals surface area contributed by atoms with Crippen molar-refractivity contribution < 1.29 is 8.78 Å². The number of aromatic nitrogens is 2. The lowest BCUT2D eigenvalue weighted by Crippen LogP contribution is -2.16. The number of halogens is 3. The Kier molecular flexibility index (Phi) is 6.18. The van der Waals surface area contributed by atoms with Crippen molar-refractivity contribution in [2.24, 2.45) is 7.05 Å². The number of benzene rings is 2. The molecule has 0 unspecified atom stereocenters. The van der Waals surface area contributed by atoms with Gasteiger partial charge in [-0.3, -0.25) is 9.18 Å². The first kappa shape index (κ1) is 19.4. The number of hydrogen-bond donors (Lipinski definition) is 2. The highest BCUT2D eigenvalue weighted by Gasteiger charge is 2.13. The quantitative estimate of drug-likeness (QED) is 0.429. The van der Waals surface area contributed by atoms with E-state index in [2.05, 4.69) is 15.0 Å². The Morgan fingerprint density at radius 1 is 1.30 bits per heavy atom. The number of hydrogen-bond acceptors (Lipinski definition) is 5. The molecule has 2 aromatic carbocycles. The van der Waals surface area contributed by atoms with Gasteiger partial charge in [-0.25, -0.2) is 9.37 Å². The van der Waals surface area contributed by atoms with Gasteiger partial charge in [-0.15, -0.1) is 0 Å². The van der Waals surface area contributed by atoms with Crippen LogP contribution in [0, 0.1) is 5.82 Å². The second-order valence-electron chi connectivity index (χ2n) is 5.79. The molecular weight excluding hydrogens is 394 g/mol. The zero-order valence-corrected chi connectivity index (χ0v) is 16.0. The van der Waals surface area contributed by atoms with Crippen LogP contribution in [0.5, 0.6) is 0 Å². The van der Waals surface area contributed by atoms with E-state index in [-0.39, 0.29) is 16.3 Å². The lowest BCUT2D eigenvalue weighted by atomic mass is 10.2. The second kappa shape index (κ2) is 8.58. The van der Waals surface area contributed by atoms with Crippen molar-refractivity contribution in [2.45, 2.75) is 6.42 Å². The molecule has 2 N–H and O–H groups in total. The van der Waals surface area contributed by atoms with Crippen molar-refractivity contribution in [3.8, 4) is 0 Å². The minimum Gasteiger partial charge on any atom is -0.352 e. The fourth-order valence-electron chi connectivity index (χ4n) is 2.43. The summed E-state index contributed by atoms with van der Waals surface area (Å²) in [5.41, 5.74) is 1.47. The molecule has 3 rings (SSSR count). The van der Waals surface area contributed by atoms with E-state index in [1.165, 1.54) is 35.0 Å². The van der Waals surface area contributed by atoms with Crippen LogP contribution in [0.15, 0.2) is 41.5 Å². The number of alkyl halides is 1. The van der Waals surface area contributed by atoms with Gasteiger partial charge in [0, 0.05) is 18.5 Å². The highest BCUT2D eigenvalue weighted by molar-refractivity contribution is 8.00. The van der Waals surface area contributed by atoms with E-state index >= 15 is 0 Å². The molecule has 1 heterocycles. The van der Waals surface area contributed by atoms with Gasteiger partial charge in [0.25, 0.3) is 5.56 Å². The van der Waals surface area contributed by atoms with Crippen LogP contribution in [0.25, 0.3) is 10.9 Å². The van der Waals surface area contributed by atoms with E-state index in [0.29, 0.717) is 34.5 Å². The molecule has 9 heteroatoms. The van der Waals surface area contributed by atoms with Gasteiger partial charge in [-0.05, 0) is 36.8 Å². The van der Waals surface area contributed by atoms with E-state index in [9.17, 15) is 13.6 Å². The van der Waals surface area contributed by atoms with Gasteiger partial charge in [0.15, 0.2) is 0 Å². The van der Waals surface area contributed by atoms with Crippen LogP contribution in [-0.2, 0) is 7.05 Å². The highest BCUT2D eigenvalue weighted by Crippen LogP contribution is 2.36. The van der Waals surface area contributed by atoms with Gasteiger partial charge >= 0.3 is 0 Å². The fourth-order valence-corrected chi connectivity index (χ4v) is 3.42. The molecule has 0 saturated heterocycles. The molecule has 0 atom stereocenters. The SMILES string of the molecule is Cn1cnc2ccc(Nc3c(F)ccc(NSCCCF)c3Cl)cc2c1=O. The molecule has 0 bridgehead atoms. The van der Waals surface area contributed by atoms with E-state index in [1.807, 2.05) is 0 Å². The van der Waals surface area contributed by atoms with Crippen molar-refractivity contribution in [1.29, 1.82) is 0 Å². The van der Waals surface area contributed by atoms with Crippen LogP contribution in [0.1, 0.15) is 6.42 Å². The summed E-state index contributed by atoms with van der Waals surface area (Å²) in [5.74, 6) is 0.0343. The van der Waals surface area contributed by atoms with Crippen LogP contribution in [0.4, 0.5) is 25.8 Å². The number of rotatable bonds is 7. The van der Waals surface area contributed by atoms with Crippen LogP contribution in [0.2, 0.25) is 5.02 Å². The smallest absolute Gasteiger partial charge is 0.260 e. The number of anilines is 3. The fraction of sp³-hybridized carbons (Fsp3) is 0.222. The number of nitrogens with one attached hydrogen (secondary N) is 2. The van der Waals surface area contributed by atoms with Crippen LogP contribution in [-0.4, -0.2) is 22.0 Å². The second-order valence-corrected chi connectivity index (χ2v) is 7.07. The molecule has 0 aliphatic rings. The van der Waals surface area contributed by atoms with Crippen molar-refractivity contribution >= 4 is 51.5 Å². The average Bonchev–Trinajstić information content (AvgIpc) is 2.67. The first-order valence-corrected chi connectivity index (χ1v) is 9.52. The third-order valence-electron chi connectivity index (χ3n) is 3.84. The van der Waals surface area contributed by atoms with E-state index in [0.717, 1.165) is 0 Å². The lowest BCUT2D eigenvalue weighted by molar-refractivity contribution is 0.489. The Hall–Kier alpha value is -2.32. The van der Waals surface area contributed by atoms with Gasteiger partial charge in [-0.1, -0.05) is 23.5 Å². The topological polar surface area (TPSA) is 59.0 Å². The Morgan fingerprint density at radius 3 is 2.89 bits per heavy atom. The Labute approximate surface area is 163 Å². The van der Waals surface area contributed by atoms with Gasteiger partial charge < -0.3 is 14.6 Å². The van der Waals surface area contributed by atoms with Gasteiger partial charge in [0.1, 0.15) is 5.82 Å². The number of fused-ring (bicyclic) bond motifs is 1. The monoisotopic (exact) mass is 410 g/mol. The molecule has 0 fully saturated rings. The van der Waals surface area contributed by atoms with E-state index in [1.54, 1.807) is 25.2 Å². The maximum absolute atomic E-state index is 14.3. The predicted octanol–water partition coefficient (Wildman–Crippen LogP) is 4.89. The van der Waals surface area contributed by atoms with E-state index < -0.39 is 12.5 Å². The molecule has 27 heavy (non-hydrogen) atoms. The maximum atomic E-state index is 14.3. The molecule has 0 aliphatic heterocycles. The standard InChI is InChI=1S/C18H17ClF2N4OS/c1-25-10-22-14-5-3-11(9-12(14)18(25)26)23-17-13(21)4-6-15(16(17)19)24-27-8-2-7-20/h3-6,9-10,23-24H,2,7-8H2,1H3. The summed E-state index contributed by atoms with van der Waals surface area (Å²) in [7, 11) is 1.61. The summed E-state index contributed by atoms with van der Waals surface area (Å²) in [6.07, 6.45) is 1.87. The highest BCUT2D eigenvalue weighted by atomic mass is 35.5. The summed E-state index contributed by atoms with van der Waals surface area (Å²) < 4.78 is 30.8. The van der Waals surface area contributed by atoms with Crippen LogP contribution in [0.3, 0.4) is 0 Å². The third kappa shape index (κ3) is 4.33. The van der Waals surface area contributed by atoms with E-state index in [4.69, 9.17) is 11.6 Å². The van der Waals surface area contributed by atoms with Crippen molar-refractivity contribution in [3.63, 3.8) is 0 Å². The molecule has 0 amide bonds.